The van der Waals surface area contributed by atoms with Crippen molar-refractivity contribution in [3.63, 3.8) is 0 Å². The molecule has 2 heterocycles. The fourth-order valence-corrected chi connectivity index (χ4v) is 7.65. The molecule has 2 amide bonds. The number of urea groups is 1. The summed E-state index contributed by atoms with van der Waals surface area (Å²) in [5.74, 6) is 1.44. The lowest BCUT2D eigenvalue weighted by Crippen LogP contribution is -2.49. The molecule has 0 radical (unpaired) electrons. The van der Waals surface area contributed by atoms with Crippen LogP contribution in [0.25, 0.3) is 11.1 Å². The molecule has 2 aliphatic heterocycles. The summed E-state index contributed by atoms with van der Waals surface area (Å²) in [4.78, 5) is 18.0. The highest BCUT2D eigenvalue weighted by Gasteiger charge is 2.34. The van der Waals surface area contributed by atoms with E-state index in [0.29, 0.717) is 18.0 Å². The Kier molecular flexibility index (Phi) is 12.8. The van der Waals surface area contributed by atoms with E-state index >= 15 is 0 Å². The van der Waals surface area contributed by atoms with Gasteiger partial charge in [0, 0.05) is 63.5 Å². The van der Waals surface area contributed by atoms with Crippen molar-refractivity contribution < 1.29 is 24.1 Å². The Morgan fingerprint density at radius 3 is 2.02 bits per heavy atom. The van der Waals surface area contributed by atoms with Crippen LogP contribution in [0.3, 0.4) is 0 Å². The second-order valence-electron chi connectivity index (χ2n) is 14.9. The molecule has 9 nitrogen and oxygen atoms in total. The standard InChI is InChI=1S/C49H50N4O5/c54-35-37-15-17-39(18-16-37)47-31-45(34-53-29-27-52(28-30-53)33-36-9-3-1-4-10-36)57-48(58-47)40-21-19-38(20-22-40)46-14-8-7-11-41(46)32-50-49(55)51-42-23-25-44(26-24-42)56-43-12-5-2-6-13-43/h1-26,45,47-48,54H,27-35H2,(H2,50,51,55)/t45-,47+,48+/m0/s1. The van der Waals surface area contributed by atoms with Crippen molar-refractivity contribution in [2.75, 3.05) is 38.0 Å². The first-order chi connectivity index (χ1) is 28.5. The van der Waals surface area contributed by atoms with Gasteiger partial charge in [0.05, 0.1) is 18.8 Å². The molecular weight excluding hydrogens is 725 g/mol. The Bertz CT molecular complexity index is 2190. The molecule has 9 heteroatoms. The summed E-state index contributed by atoms with van der Waals surface area (Å²) in [5.41, 5.74) is 8.00. The SMILES string of the molecule is O=C(NCc1ccccc1-c1ccc([C@@H]2O[C@H](CN3CCN(Cc4ccccc4)CC3)C[C@H](c3ccc(CO)cc3)O2)cc1)Nc1ccc(Oc2ccccc2)cc1. The molecule has 2 aliphatic rings. The Morgan fingerprint density at radius 1 is 0.655 bits per heavy atom. The van der Waals surface area contributed by atoms with Gasteiger partial charge in [-0.2, -0.15) is 0 Å². The lowest BCUT2D eigenvalue weighted by molar-refractivity contribution is -0.253. The van der Waals surface area contributed by atoms with Gasteiger partial charge in [0.1, 0.15) is 11.5 Å². The van der Waals surface area contributed by atoms with Crippen molar-refractivity contribution >= 4 is 11.7 Å². The first-order valence-electron chi connectivity index (χ1n) is 20.1. The van der Waals surface area contributed by atoms with E-state index in [0.717, 1.165) is 84.8 Å². The van der Waals surface area contributed by atoms with Gasteiger partial charge in [-0.05, 0) is 69.8 Å². The number of nitrogens with zero attached hydrogens (tertiary/aromatic N) is 2. The molecule has 6 aromatic rings. The van der Waals surface area contributed by atoms with Crippen molar-refractivity contribution in [1.82, 2.24) is 15.1 Å². The first kappa shape index (κ1) is 39.0. The molecule has 6 aromatic carbocycles. The van der Waals surface area contributed by atoms with Gasteiger partial charge in [-0.25, -0.2) is 4.79 Å². The molecule has 0 bridgehead atoms. The zero-order valence-corrected chi connectivity index (χ0v) is 32.6. The number of aliphatic hydroxyl groups is 1. The largest absolute Gasteiger partial charge is 0.457 e. The zero-order valence-electron chi connectivity index (χ0n) is 32.6. The van der Waals surface area contributed by atoms with E-state index in [1.54, 1.807) is 0 Å². The Morgan fingerprint density at radius 2 is 1.29 bits per heavy atom. The van der Waals surface area contributed by atoms with Crippen LogP contribution in [-0.2, 0) is 29.2 Å². The summed E-state index contributed by atoms with van der Waals surface area (Å²) < 4.78 is 19.3. The normalized spacial score (nSPS) is 18.7. The van der Waals surface area contributed by atoms with Gasteiger partial charge in [-0.1, -0.05) is 121 Å². The van der Waals surface area contributed by atoms with Gasteiger partial charge in [-0.15, -0.1) is 0 Å². The molecule has 0 aliphatic carbocycles. The fraction of sp³-hybridized carbons (Fsp3) is 0.245. The number of benzene rings is 6. The smallest absolute Gasteiger partial charge is 0.319 e. The van der Waals surface area contributed by atoms with Gasteiger partial charge in [-0.3, -0.25) is 9.80 Å². The van der Waals surface area contributed by atoms with Crippen molar-refractivity contribution in [1.29, 1.82) is 0 Å². The number of anilines is 1. The Hall–Kier alpha value is -5.81. The van der Waals surface area contributed by atoms with Crippen LogP contribution in [0.2, 0.25) is 0 Å². The molecule has 0 saturated carbocycles. The highest BCUT2D eigenvalue weighted by atomic mass is 16.7. The zero-order chi connectivity index (χ0) is 39.5. The molecule has 2 saturated heterocycles. The molecule has 8 rings (SSSR count). The second kappa shape index (κ2) is 19.1. The summed E-state index contributed by atoms with van der Waals surface area (Å²) in [6.07, 6.45) is 0.0580. The number of hydrogen-bond acceptors (Lipinski definition) is 7. The number of carbonyl (C=O) groups is 1. The third-order valence-electron chi connectivity index (χ3n) is 10.8. The van der Waals surface area contributed by atoms with Crippen LogP contribution in [-0.4, -0.2) is 59.8 Å². The predicted octanol–water partition coefficient (Wildman–Crippen LogP) is 9.32. The van der Waals surface area contributed by atoms with E-state index in [1.165, 1.54) is 5.56 Å². The summed E-state index contributed by atoms with van der Waals surface area (Å²) in [6, 6.07) is 51.8. The number of nitrogens with one attached hydrogen (secondary N) is 2. The highest BCUT2D eigenvalue weighted by molar-refractivity contribution is 5.89. The maximum absolute atomic E-state index is 12.9. The summed E-state index contributed by atoms with van der Waals surface area (Å²) in [6.45, 7) is 6.22. The maximum Gasteiger partial charge on any atom is 0.319 e. The van der Waals surface area contributed by atoms with E-state index in [-0.39, 0.29) is 24.8 Å². The quantitative estimate of drug-likeness (QED) is 0.108. The minimum absolute atomic E-state index is 0.00956. The first-order valence-corrected chi connectivity index (χ1v) is 20.1. The van der Waals surface area contributed by atoms with Crippen molar-refractivity contribution in [2.45, 2.75) is 44.6 Å². The third kappa shape index (κ3) is 10.4. The topological polar surface area (TPSA) is 95.5 Å². The van der Waals surface area contributed by atoms with Crippen LogP contribution < -0.4 is 15.4 Å². The van der Waals surface area contributed by atoms with Crippen LogP contribution in [0, 0.1) is 0 Å². The molecule has 2 fully saturated rings. The van der Waals surface area contributed by atoms with Crippen molar-refractivity contribution in [2.24, 2.45) is 0 Å². The van der Waals surface area contributed by atoms with E-state index in [2.05, 4.69) is 93.2 Å². The molecule has 0 aromatic heterocycles. The summed E-state index contributed by atoms with van der Waals surface area (Å²) in [7, 11) is 0. The van der Waals surface area contributed by atoms with Gasteiger partial charge in [0.15, 0.2) is 6.29 Å². The molecular formula is C49H50N4O5. The minimum Gasteiger partial charge on any atom is -0.457 e. The number of ether oxygens (including phenoxy) is 3. The minimum atomic E-state index is -0.533. The number of para-hydroxylation sites is 1. The van der Waals surface area contributed by atoms with Crippen LogP contribution >= 0.6 is 0 Å². The second-order valence-corrected chi connectivity index (χ2v) is 14.9. The third-order valence-corrected chi connectivity index (χ3v) is 10.8. The van der Waals surface area contributed by atoms with E-state index in [4.69, 9.17) is 14.2 Å². The Labute approximate surface area is 340 Å². The van der Waals surface area contributed by atoms with E-state index < -0.39 is 6.29 Å². The van der Waals surface area contributed by atoms with Crippen LogP contribution in [0.15, 0.2) is 158 Å². The molecule has 0 unspecified atom stereocenters. The summed E-state index contributed by atoms with van der Waals surface area (Å²) in [5, 5.41) is 15.6. The number of hydrogen-bond donors (Lipinski definition) is 3. The molecule has 58 heavy (non-hydrogen) atoms. The fourth-order valence-electron chi connectivity index (χ4n) is 7.65. The number of carbonyl (C=O) groups excluding carboxylic acids is 1. The average Bonchev–Trinajstić information content (AvgIpc) is 3.28. The van der Waals surface area contributed by atoms with E-state index in [9.17, 15) is 9.90 Å². The van der Waals surface area contributed by atoms with Crippen molar-refractivity contribution in [3.8, 4) is 22.6 Å². The predicted molar refractivity (Wildman–Crippen MR) is 227 cm³/mol. The highest BCUT2D eigenvalue weighted by Crippen LogP contribution is 2.39. The summed E-state index contributed by atoms with van der Waals surface area (Å²) >= 11 is 0. The van der Waals surface area contributed by atoms with Crippen LogP contribution in [0.1, 0.15) is 46.6 Å². The lowest BCUT2D eigenvalue weighted by atomic mass is 9.97. The molecule has 3 N–H and O–H groups in total. The number of aliphatic hydroxyl groups excluding tert-OH is 1. The monoisotopic (exact) mass is 774 g/mol. The molecule has 296 valence electrons. The number of piperazine rings is 1. The molecule has 0 spiro atoms. The van der Waals surface area contributed by atoms with Gasteiger partial charge >= 0.3 is 6.03 Å². The average molecular weight is 775 g/mol. The van der Waals surface area contributed by atoms with Crippen molar-refractivity contribution in [3.05, 3.63) is 186 Å². The van der Waals surface area contributed by atoms with Gasteiger partial charge in [0.25, 0.3) is 0 Å². The van der Waals surface area contributed by atoms with Gasteiger partial charge in [0.2, 0.25) is 0 Å². The lowest BCUT2D eigenvalue weighted by Gasteiger charge is -2.40. The van der Waals surface area contributed by atoms with E-state index in [1.807, 2.05) is 84.9 Å². The number of amides is 2. The Balaban J connectivity index is 0.898. The number of rotatable bonds is 13. The van der Waals surface area contributed by atoms with Crippen LogP contribution in [0.4, 0.5) is 10.5 Å². The molecule has 3 atom stereocenters. The van der Waals surface area contributed by atoms with Crippen LogP contribution in [0.5, 0.6) is 11.5 Å². The van der Waals surface area contributed by atoms with Gasteiger partial charge < -0.3 is 30.0 Å². The maximum atomic E-state index is 12.9.